The SMILES string of the molecule is CCc1cccc(C)c1NC(=O)CN1CCCC(CNC)C1. The molecule has 1 aliphatic rings. The minimum absolute atomic E-state index is 0.106. The average molecular weight is 303 g/mol. The van der Waals surface area contributed by atoms with Gasteiger partial charge < -0.3 is 10.6 Å². The van der Waals surface area contributed by atoms with E-state index in [0.29, 0.717) is 12.5 Å². The molecular weight excluding hydrogens is 274 g/mol. The number of nitrogens with zero attached hydrogens (tertiary/aromatic N) is 1. The van der Waals surface area contributed by atoms with Crippen LogP contribution in [0.4, 0.5) is 5.69 Å². The maximum atomic E-state index is 12.4. The van der Waals surface area contributed by atoms with Gasteiger partial charge in [0.25, 0.3) is 0 Å². The highest BCUT2D eigenvalue weighted by Gasteiger charge is 2.21. The average Bonchev–Trinajstić information content (AvgIpc) is 2.50. The van der Waals surface area contributed by atoms with E-state index in [9.17, 15) is 4.79 Å². The summed E-state index contributed by atoms with van der Waals surface area (Å²) in [5.41, 5.74) is 3.35. The Bertz CT molecular complexity index is 499. The molecule has 0 saturated carbocycles. The van der Waals surface area contributed by atoms with Crippen molar-refractivity contribution in [2.45, 2.75) is 33.1 Å². The number of hydrogen-bond acceptors (Lipinski definition) is 3. The number of amides is 1. The summed E-state index contributed by atoms with van der Waals surface area (Å²) in [6.45, 7) is 7.76. The second kappa shape index (κ2) is 8.30. The van der Waals surface area contributed by atoms with Gasteiger partial charge in [-0.2, -0.15) is 0 Å². The van der Waals surface area contributed by atoms with E-state index in [1.165, 1.54) is 18.4 Å². The molecule has 2 N–H and O–H groups in total. The lowest BCUT2D eigenvalue weighted by Crippen LogP contribution is -2.42. The molecule has 1 aromatic rings. The van der Waals surface area contributed by atoms with Crippen LogP contribution in [-0.2, 0) is 11.2 Å². The van der Waals surface area contributed by atoms with E-state index in [1.54, 1.807) is 0 Å². The lowest BCUT2D eigenvalue weighted by molar-refractivity contribution is -0.117. The number of carbonyl (C=O) groups excluding carboxylic acids is 1. The van der Waals surface area contributed by atoms with Crippen LogP contribution in [0.15, 0.2) is 18.2 Å². The van der Waals surface area contributed by atoms with Crippen molar-refractivity contribution in [1.29, 1.82) is 0 Å². The second-order valence-corrected chi connectivity index (χ2v) is 6.31. The normalized spacial score (nSPS) is 19.1. The van der Waals surface area contributed by atoms with E-state index in [0.717, 1.165) is 37.3 Å². The Morgan fingerprint density at radius 2 is 2.23 bits per heavy atom. The van der Waals surface area contributed by atoms with Crippen molar-refractivity contribution in [2.75, 3.05) is 38.5 Å². The summed E-state index contributed by atoms with van der Waals surface area (Å²) in [4.78, 5) is 14.7. The molecule has 0 aromatic heterocycles. The lowest BCUT2D eigenvalue weighted by atomic mass is 9.98. The summed E-state index contributed by atoms with van der Waals surface area (Å²) in [5, 5.41) is 6.37. The highest BCUT2D eigenvalue weighted by molar-refractivity contribution is 5.93. The number of benzene rings is 1. The third-order valence-electron chi connectivity index (χ3n) is 4.47. The first-order chi connectivity index (χ1) is 10.6. The van der Waals surface area contributed by atoms with Crippen LogP contribution in [0.3, 0.4) is 0 Å². The van der Waals surface area contributed by atoms with Crippen molar-refractivity contribution in [3.8, 4) is 0 Å². The van der Waals surface area contributed by atoms with Crippen LogP contribution in [0.25, 0.3) is 0 Å². The molecule has 1 atom stereocenters. The minimum Gasteiger partial charge on any atom is -0.324 e. The number of hydrogen-bond donors (Lipinski definition) is 2. The van der Waals surface area contributed by atoms with Gasteiger partial charge in [-0.3, -0.25) is 9.69 Å². The number of nitrogens with one attached hydrogen (secondary N) is 2. The standard InChI is InChI=1S/C18H29N3O/c1-4-16-9-5-7-14(2)18(16)20-17(22)13-21-10-6-8-15(12-21)11-19-3/h5,7,9,15,19H,4,6,8,10-13H2,1-3H3,(H,20,22). The van der Waals surface area contributed by atoms with Gasteiger partial charge in [0.05, 0.1) is 6.54 Å². The number of piperidine rings is 1. The molecule has 1 fully saturated rings. The van der Waals surface area contributed by atoms with E-state index in [-0.39, 0.29) is 5.91 Å². The van der Waals surface area contributed by atoms with Gasteiger partial charge in [0.15, 0.2) is 0 Å². The Morgan fingerprint density at radius 3 is 2.95 bits per heavy atom. The van der Waals surface area contributed by atoms with E-state index in [2.05, 4.69) is 47.6 Å². The monoisotopic (exact) mass is 303 g/mol. The summed E-state index contributed by atoms with van der Waals surface area (Å²) in [5.74, 6) is 0.769. The first-order valence-electron chi connectivity index (χ1n) is 8.39. The van der Waals surface area contributed by atoms with E-state index < -0.39 is 0 Å². The number of para-hydroxylation sites is 1. The van der Waals surface area contributed by atoms with Crippen molar-refractivity contribution in [2.24, 2.45) is 5.92 Å². The van der Waals surface area contributed by atoms with Crippen molar-refractivity contribution in [1.82, 2.24) is 10.2 Å². The lowest BCUT2D eigenvalue weighted by Gasteiger charge is -2.32. The maximum Gasteiger partial charge on any atom is 0.238 e. The van der Waals surface area contributed by atoms with Crippen molar-refractivity contribution in [3.63, 3.8) is 0 Å². The van der Waals surface area contributed by atoms with Gasteiger partial charge in [-0.15, -0.1) is 0 Å². The summed E-state index contributed by atoms with van der Waals surface area (Å²) in [7, 11) is 2.00. The molecule has 4 nitrogen and oxygen atoms in total. The molecule has 1 amide bonds. The molecule has 0 radical (unpaired) electrons. The van der Waals surface area contributed by atoms with Crippen molar-refractivity contribution >= 4 is 11.6 Å². The number of rotatable bonds is 6. The fourth-order valence-corrected chi connectivity index (χ4v) is 3.33. The summed E-state index contributed by atoms with van der Waals surface area (Å²) in [6.07, 6.45) is 3.38. The zero-order chi connectivity index (χ0) is 15.9. The van der Waals surface area contributed by atoms with E-state index >= 15 is 0 Å². The van der Waals surface area contributed by atoms with Crippen LogP contribution < -0.4 is 10.6 Å². The van der Waals surface area contributed by atoms with Crippen LogP contribution in [0, 0.1) is 12.8 Å². The van der Waals surface area contributed by atoms with Crippen LogP contribution in [0.1, 0.15) is 30.9 Å². The number of carbonyl (C=O) groups is 1. The van der Waals surface area contributed by atoms with Gasteiger partial charge in [-0.25, -0.2) is 0 Å². The summed E-state index contributed by atoms with van der Waals surface area (Å²) >= 11 is 0. The topological polar surface area (TPSA) is 44.4 Å². The Kier molecular flexibility index (Phi) is 6.40. The molecule has 1 saturated heterocycles. The van der Waals surface area contributed by atoms with Crippen LogP contribution in [0.5, 0.6) is 0 Å². The zero-order valence-corrected chi connectivity index (χ0v) is 14.1. The molecule has 1 aliphatic heterocycles. The highest BCUT2D eigenvalue weighted by atomic mass is 16.2. The second-order valence-electron chi connectivity index (χ2n) is 6.31. The zero-order valence-electron chi connectivity index (χ0n) is 14.1. The number of aryl methyl sites for hydroxylation is 2. The predicted octanol–water partition coefficient (Wildman–Crippen LogP) is 2.43. The van der Waals surface area contributed by atoms with Gasteiger partial charge in [0.1, 0.15) is 0 Å². The molecule has 0 bridgehead atoms. The maximum absolute atomic E-state index is 12.4. The molecular formula is C18H29N3O. The molecule has 2 rings (SSSR count). The number of anilines is 1. The molecule has 0 aliphatic carbocycles. The quantitative estimate of drug-likeness (QED) is 0.848. The Balaban J connectivity index is 1.93. The van der Waals surface area contributed by atoms with Gasteiger partial charge in [0.2, 0.25) is 5.91 Å². The smallest absolute Gasteiger partial charge is 0.238 e. The number of likely N-dealkylation sites (tertiary alicyclic amines) is 1. The van der Waals surface area contributed by atoms with Crippen molar-refractivity contribution in [3.05, 3.63) is 29.3 Å². The van der Waals surface area contributed by atoms with Gasteiger partial charge in [0, 0.05) is 12.2 Å². The first-order valence-corrected chi connectivity index (χ1v) is 8.39. The van der Waals surface area contributed by atoms with Crippen molar-refractivity contribution < 1.29 is 4.79 Å². The van der Waals surface area contributed by atoms with E-state index in [4.69, 9.17) is 0 Å². The molecule has 22 heavy (non-hydrogen) atoms. The third-order valence-corrected chi connectivity index (χ3v) is 4.47. The minimum atomic E-state index is 0.106. The highest BCUT2D eigenvalue weighted by Crippen LogP contribution is 2.21. The Hall–Kier alpha value is -1.39. The third kappa shape index (κ3) is 4.55. The summed E-state index contributed by atoms with van der Waals surface area (Å²) in [6, 6.07) is 6.20. The molecule has 1 heterocycles. The van der Waals surface area contributed by atoms with Crippen LogP contribution >= 0.6 is 0 Å². The molecule has 1 aromatic carbocycles. The Morgan fingerprint density at radius 1 is 1.41 bits per heavy atom. The molecule has 122 valence electrons. The van der Waals surface area contributed by atoms with E-state index in [1.807, 2.05) is 7.05 Å². The Labute approximate surface area is 134 Å². The fraction of sp³-hybridized carbons (Fsp3) is 0.611. The largest absolute Gasteiger partial charge is 0.324 e. The predicted molar refractivity (Wildman–Crippen MR) is 92.3 cm³/mol. The van der Waals surface area contributed by atoms with Crippen LogP contribution in [-0.4, -0.2) is 44.0 Å². The molecule has 1 unspecified atom stereocenters. The molecule has 4 heteroatoms. The van der Waals surface area contributed by atoms with Gasteiger partial charge >= 0.3 is 0 Å². The fourth-order valence-electron chi connectivity index (χ4n) is 3.33. The molecule has 0 spiro atoms. The van der Waals surface area contributed by atoms with Gasteiger partial charge in [-0.05, 0) is 63.4 Å². The first kappa shape index (κ1) is 17.0. The van der Waals surface area contributed by atoms with Crippen LogP contribution in [0.2, 0.25) is 0 Å². The van der Waals surface area contributed by atoms with Gasteiger partial charge in [-0.1, -0.05) is 25.1 Å². The summed E-state index contributed by atoms with van der Waals surface area (Å²) < 4.78 is 0.